The molecule has 0 unspecified atom stereocenters. The summed E-state index contributed by atoms with van der Waals surface area (Å²) in [4.78, 5) is 6.69. The van der Waals surface area contributed by atoms with E-state index >= 15 is 0 Å². The number of rotatable bonds is 2. The number of nitrogen functional groups attached to an aromatic ring is 1. The zero-order chi connectivity index (χ0) is 11.7. The van der Waals surface area contributed by atoms with E-state index in [0.717, 1.165) is 41.7 Å². The first kappa shape index (κ1) is 10.8. The van der Waals surface area contributed by atoms with Gasteiger partial charge in [0, 0.05) is 18.8 Å². The van der Waals surface area contributed by atoms with Gasteiger partial charge in [0.05, 0.1) is 23.4 Å². The van der Waals surface area contributed by atoms with Gasteiger partial charge >= 0.3 is 0 Å². The third-order valence-corrected chi connectivity index (χ3v) is 3.82. The zero-order valence-electron chi connectivity index (χ0n) is 9.35. The average molecular weight is 250 g/mol. The van der Waals surface area contributed by atoms with Crippen molar-refractivity contribution < 1.29 is 4.74 Å². The molecule has 6 heteroatoms. The van der Waals surface area contributed by atoms with Gasteiger partial charge in [-0.2, -0.15) is 0 Å². The zero-order valence-corrected chi connectivity index (χ0v) is 10.2. The Morgan fingerprint density at radius 3 is 2.94 bits per heavy atom. The summed E-state index contributed by atoms with van der Waals surface area (Å²) < 4.78 is 6.51. The van der Waals surface area contributed by atoms with Gasteiger partial charge in [-0.3, -0.25) is 5.43 Å². The van der Waals surface area contributed by atoms with E-state index in [1.807, 2.05) is 6.07 Å². The fraction of sp³-hybridized carbons (Fsp3) is 0.364. The maximum absolute atomic E-state index is 5.37. The highest BCUT2D eigenvalue weighted by Gasteiger charge is 2.12. The summed E-state index contributed by atoms with van der Waals surface area (Å²) in [5.41, 5.74) is 4.80. The minimum absolute atomic E-state index is 0.749. The highest BCUT2D eigenvalue weighted by atomic mass is 32.1. The molecule has 3 rings (SSSR count). The molecule has 5 nitrogen and oxygen atoms in total. The van der Waals surface area contributed by atoms with E-state index in [2.05, 4.69) is 27.4 Å². The van der Waals surface area contributed by atoms with E-state index in [-0.39, 0.29) is 0 Å². The highest BCUT2D eigenvalue weighted by Crippen LogP contribution is 2.29. The van der Waals surface area contributed by atoms with Crippen LogP contribution in [0.5, 0.6) is 0 Å². The molecule has 0 saturated carbocycles. The largest absolute Gasteiger partial charge is 0.378 e. The number of morpholine rings is 1. The molecule has 1 fully saturated rings. The lowest BCUT2D eigenvalue weighted by Crippen LogP contribution is -2.36. The Hall–Kier alpha value is -1.37. The number of hydrogen-bond acceptors (Lipinski definition) is 6. The smallest absolute Gasteiger partial charge is 0.198 e. The van der Waals surface area contributed by atoms with E-state index in [1.54, 1.807) is 11.3 Å². The summed E-state index contributed by atoms with van der Waals surface area (Å²) in [7, 11) is 0. The maximum Gasteiger partial charge on any atom is 0.198 e. The molecule has 3 N–H and O–H groups in total. The Labute approximate surface area is 103 Å². The molecule has 0 atom stereocenters. The first-order valence-corrected chi connectivity index (χ1v) is 6.38. The predicted octanol–water partition coefficient (Wildman–Crippen LogP) is 1.42. The third kappa shape index (κ3) is 2.06. The van der Waals surface area contributed by atoms with Crippen LogP contribution in [0.2, 0.25) is 0 Å². The number of benzene rings is 1. The van der Waals surface area contributed by atoms with E-state index < -0.39 is 0 Å². The molecule has 1 aromatic heterocycles. The van der Waals surface area contributed by atoms with E-state index in [4.69, 9.17) is 10.6 Å². The molecule has 0 aliphatic carbocycles. The Morgan fingerprint density at radius 2 is 2.18 bits per heavy atom. The van der Waals surface area contributed by atoms with Crippen molar-refractivity contribution >= 4 is 32.4 Å². The summed E-state index contributed by atoms with van der Waals surface area (Å²) in [6, 6.07) is 6.31. The quantitative estimate of drug-likeness (QED) is 0.623. The highest BCUT2D eigenvalue weighted by molar-refractivity contribution is 7.22. The Balaban J connectivity index is 1.94. The van der Waals surface area contributed by atoms with E-state index in [0.29, 0.717) is 0 Å². The van der Waals surface area contributed by atoms with Gasteiger partial charge in [0.1, 0.15) is 0 Å². The van der Waals surface area contributed by atoms with E-state index in [1.165, 1.54) is 5.69 Å². The first-order valence-electron chi connectivity index (χ1n) is 5.57. The van der Waals surface area contributed by atoms with Gasteiger partial charge in [0.25, 0.3) is 0 Å². The summed E-state index contributed by atoms with van der Waals surface area (Å²) in [6.45, 7) is 3.51. The molecule has 2 aromatic rings. The van der Waals surface area contributed by atoms with Gasteiger partial charge in [0.15, 0.2) is 5.13 Å². The fourth-order valence-electron chi connectivity index (χ4n) is 1.99. The van der Waals surface area contributed by atoms with Crippen molar-refractivity contribution in [1.82, 2.24) is 4.98 Å². The number of nitrogens with one attached hydrogen (secondary N) is 1. The second kappa shape index (κ2) is 4.48. The second-order valence-corrected chi connectivity index (χ2v) is 4.95. The van der Waals surface area contributed by atoms with Gasteiger partial charge < -0.3 is 9.64 Å². The van der Waals surface area contributed by atoms with Crippen molar-refractivity contribution in [1.29, 1.82) is 0 Å². The summed E-state index contributed by atoms with van der Waals surface area (Å²) in [6.07, 6.45) is 0. The average Bonchev–Trinajstić information content (AvgIpc) is 2.81. The number of fused-ring (bicyclic) bond motifs is 1. The molecule has 90 valence electrons. The number of aromatic nitrogens is 1. The molecule has 1 aromatic carbocycles. The van der Waals surface area contributed by atoms with Crippen LogP contribution < -0.4 is 16.2 Å². The number of nitrogens with zero attached hydrogens (tertiary/aromatic N) is 2. The van der Waals surface area contributed by atoms with Crippen molar-refractivity contribution in [3.05, 3.63) is 18.2 Å². The lowest BCUT2D eigenvalue weighted by molar-refractivity contribution is 0.122. The fourth-order valence-corrected chi connectivity index (χ4v) is 2.80. The van der Waals surface area contributed by atoms with Gasteiger partial charge in [-0.25, -0.2) is 10.8 Å². The lowest BCUT2D eigenvalue weighted by Gasteiger charge is -2.28. The monoisotopic (exact) mass is 250 g/mol. The summed E-state index contributed by atoms with van der Waals surface area (Å²) in [5, 5.41) is 0.749. The number of thiazole rings is 1. The lowest BCUT2D eigenvalue weighted by atomic mass is 10.2. The van der Waals surface area contributed by atoms with Crippen molar-refractivity contribution in [3.8, 4) is 0 Å². The van der Waals surface area contributed by atoms with Crippen molar-refractivity contribution in [3.63, 3.8) is 0 Å². The van der Waals surface area contributed by atoms with Crippen LogP contribution in [0.1, 0.15) is 0 Å². The molecule has 2 heterocycles. The molecule has 0 bridgehead atoms. The van der Waals surface area contributed by atoms with Crippen LogP contribution in [0, 0.1) is 0 Å². The number of hydrogen-bond donors (Lipinski definition) is 2. The normalized spacial score (nSPS) is 16.4. The van der Waals surface area contributed by atoms with E-state index in [9.17, 15) is 0 Å². The summed E-state index contributed by atoms with van der Waals surface area (Å²) in [5.74, 6) is 5.37. The molecule has 1 aliphatic rings. The van der Waals surface area contributed by atoms with Crippen LogP contribution in [-0.4, -0.2) is 31.3 Å². The number of nitrogens with two attached hydrogens (primary N) is 1. The minimum atomic E-state index is 0.749. The van der Waals surface area contributed by atoms with Gasteiger partial charge in [0.2, 0.25) is 0 Å². The maximum atomic E-state index is 5.37. The second-order valence-electron chi connectivity index (χ2n) is 3.91. The summed E-state index contributed by atoms with van der Waals surface area (Å²) >= 11 is 1.57. The van der Waals surface area contributed by atoms with Crippen LogP contribution in [0.4, 0.5) is 10.8 Å². The molecule has 17 heavy (non-hydrogen) atoms. The molecule has 1 saturated heterocycles. The number of ether oxygens (including phenoxy) is 1. The van der Waals surface area contributed by atoms with Crippen LogP contribution in [0.3, 0.4) is 0 Å². The third-order valence-electron chi connectivity index (χ3n) is 2.87. The Morgan fingerprint density at radius 1 is 1.35 bits per heavy atom. The minimum Gasteiger partial charge on any atom is -0.378 e. The molecular formula is C11H14N4OS. The van der Waals surface area contributed by atoms with Crippen molar-refractivity contribution in [2.75, 3.05) is 36.6 Å². The van der Waals surface area contributed by atoms with Gasteiger partial charge in [-0.1, -0.05) is 11.3 Å². The van der Waals surface area contributed by atoms with Crippen molar-refractivity contribution in [2.24, 2.45) is 5.84 Å². The molecular weight excluding hydrogens is 236 g/mol. The number of hydrazine groups is 1. The Kier molecular flexibility index (Phi) is 2.84. The van der Waals surface area contributed by atoms with Crippen LogP contribution >= 0.6 is 11.3 Å². The van der Waals surface area contributed by atoms with Gasteiger partial charge in [-0.15, -0.1) is 0 Å². The molecule has 0 amide bonds. The predicted molar refractivity (Wildman–Crippen MR) is 70.5 cm³/mol. The first-order chi connectivity index (χ1) is 8.36. The van der Waals surface area contributed by atoms with Crippen LogP contribution in [0.25, 0.3) is 10.2 Å². The van der Waals surface area contributed by atoms with Crippen LogP contribution in [-0.2, 0) is 4.74 Å². The molecule has 1 aliphatic heterocycles. The SMILES string of the molecule is NNc1nc2ccc(N3CCOCC3)cc2s1. The standard InChI is InChI=1S/C11H14N4OS/c12-14-11-13-9-2-1-8(7-10(9)17-11)15-3-5-16-6-4-15/h1-2,7H,3-6,12H2,(H,13,14). The molecule has 0 radical (unpaired) electrons. The number of anilines is 2. The molecule has 0 spiro atoms. The Bertz CT molecular complexity index is 521. The topological polar surface area (TPSA) is 63.4 Å². The van der Waals surface area contributed by atoms with Gasteiger partial charge in [-0.05, 0) is 18.2 Å². The van der Waals surface area contributed by atoms with Crippen LogP contribution in [0.15, 0.2) is 18.2 Å². The van der Waals surface area contributed by atoms with Crippen molar-refractivity contribution in [2.45, 2.75) is 0 Å².